The Hall–Kier alpha value is -3.44. The number of piperazine rings is 1. The quantitative estimate of drug-likeness (QED) is 0.641. The number of benzene rings is 2. The summed E-state index contributed by atoms with van der Waals surface area (Å²) in [7, 11) is -3.64. The molecule has 2 saturated heterocycles. The maximum atomic E-state index is 13.3. The number of fused-ring (bicyclic) bond motifs is 2. The average Bonchev–Trinajstić information content (AvgIpc) is 3.09. The molecule has 3 aliphatic rings. The number of para-hydroxylation sites is 1. The van der Waals surface area contributed by atoms with E-state index >= 15 is 0 Å². The molecule has 4 amide bonds. The van der Waals surface area contributed by atoms with Gasteiger partial charge in [0.2, 0.25) is 15.9 Å². The standard InChI is InChI=1S/C23H24N4O6S/c28-20(25-11-13-26(14-12-25)34(31,32)17-6-2-1-3-7-17)16-27-21(29)23(24-22(27)30)10-15-33-19-9-5-4-8-18(19)23/h1-9H,10-16H2,(H,24,30). The summed E-state index contributed by atoms with van der Waals surface area (Å²) in [5.74, 6) is -0.351. The summed E-state index contributed by atoms with van der Waals surface area (Å²) >= 11 is 0. The summed E-state index contributed by atoms with van der Waals surface area (Å²) in [5, 5.41) is 2.78. The molecule has 2 aromatic rings. The molecule has 10 nitrogen and oxygen atoms in total. The molecule has 1 N–H and O–H groups in total. The van der Waals surface area contributed by atoms with Crippen molar-refractivity contribution in [3.05, 3.63) is 60.2 Å². The largest absolute Gasteiger partial charge is 0.493 e. The van der Waals surface area contributed by atoms with Crippen LogP contribution in [0, 0.1) is 0 Å². The van der Waals surface area contributed by atoms with E-state index in [1.807, 2.05) is 0 Å². The van der Waals surface area contributed by atoms with Gasteiger partial charge in [0, 0.05) is 38.2 Å². The fourth-order valence-corrected chi connectivity index (χ4v) is 6.11. The van der Waals surface area contributed by atoms with Crippen LogP contribution in [0.2, 0.25) is 0 Å². The van der Waals surface area contributed by atoms with Gasteiger partial charge in [-0.2, -0.15) is 4.31 Å². The molecule has 0 bridgehead atoms. The van der Waals surface area contributed by atoms with Gasteiger partial charge in [-0.1, -0.05) is 36.4 Å². The van der Waals surface area contributed by atoms with Gasteiger partial charge in [0.15, 0.2) is 5.54 Å². The predicted molar refractivity (Wildman–Crippen MR) is 120 cm³/mol. The van der Waals surface area contributed by atoms with Gasteiger partial charge in [-0.15, -0.1) is 0 Å². The van der Waals surface area contributed by atoms with E-state index < -0.39 is 40.0 Å². The van der Waals surface area contributed by atoms with Crippen molar-refractivity contribution < 1.29 is 27.5 Å². The number of hydrogen-bond donors (Lipinski definition) is 1. The maximum absolute atomic E-state index is 13.3. The number of carbonyl (C=O) groups excluding carboxylic acids is 3. The number of nitrogens with one attached hydrogen (secondary N) is 1. The Morgan fingerprint density at radius 1 is 0.971 bits per heavy atom. The highest BCUT2D eigenvalue weighted by atomic mass is 32.2. The van der Waals surface area contributed by atoms with Crippen LogP contribution in [0.4, 0.5) is 4.79 Å². The summed E-state index contributed by atoms with van der Waals surface area (Å²) in [5.41, 5.74) is -0.663. The van der Waals surface area contributed by atoms with Crippen LogP contribution in [-0.2, 0) is 25.2 Å². The number of urea groups is 1. The highest BCUT2D eigenvalue weighted by Gasteiger charge is 2.55. The van der Waals surface area contributed by atoms with Crippen molar-refractivity contribution in [2.45, 2.75) is 16.9 Å². The van der Waals surface area contributed by atoms with E-state index in [4.69, 9.17) is 4.74 Å². The summed E-state index contributed by atoms with van der Waals surface area (Å²) in [6.45, 7) is 0.492. The van der Waals surface area contributed by atoms with Gasteiger partial charge in [-0.3, -0.25) is 14.5 Å². The Kier molecular flexibility index (Phi) is 5.53. The molecule has 2 fully saturated rings. The fraction of sp³-hybridized carbons (Fsp3) is 0.348. The minimum atomic E-state index is -3.64. The maximum Gasteiger partial charge on any atom is 0.325 e. The number of imide groups is 1. The number of sulfonamides is 1. The smallest absolute Gasteiger partial charge is 0.325 e. The van der Waals surface area contributed by atoms with E-state index in [9.17, 15) is 22.8 Å². The molecule has 11 heteroatoms. The van der Waals surface area contributed by atoms with Crippen molar-refractivity contribution in [2.24, 2.45) is 0 Å². The van der Waals surface area contributed by atoms with Gasteiger partial charge in [-0.25, -0.2) is 13.2 Å². The van der Waals surface area contributed by atoms with Gasteiger partial charge in [-0.05, 0) is 18.2 Å². The van der Waals surface area contributed by atoms with Gasteiger partial charge < -0.3 is 15.0 Å². The van der Waals surface area contributed by atoms with Crippen molar-refractivity contribution >= 4 is 27.9 Å². The third kappa shape index (κ3) is 3.61. The molecule has 2 aromatic carbocycles. The topological polar surface area (TPSA) is 116 Å². The molecule has 3 heterocycles. The lowest BCUT2D eigenvalue weighted by atomic mass is 9.84. The molecular formula is C23H24N4O6S. The van der Waals surface area contributed by atoms with Crippen LogP contribution in [0.5, 0.6) is 5.75 Å². The van der Waals surface area contributed by atoms with E-state index in [1.54, 1.807) is 42.5 Å². The zero-order valence-corrected chi connectivity index (χ0v) is 19.2. The summed E-state index contributed by atoms with van der Waals surface area (Å²) < 4.78 is 32.6. The van der Waals surface area contributed by atoms with Crippen molar-refractivity contribution in [2.75, 3.05) is 39.3 Å². The number of carbonyl (C=O) groups is 3. The van der Waals surface area contributed by atoms with E-state index in [-0.39, 0.29) is 44.1 Å². The first kappa shape index (κ1) is 22.4. The van der Waals surface area contributed by atoms with Crippen LogP contribution in [0.3, 0.4) is 0 Å². The number of nitrogens with zero attached hydrogens (tertiary/aromatic N) is 3. The molecule has 1 atom stereocenters. The van der Waals surface area contributed by atoms with Crippen molar-refractivity contribution in [3.63, 3.8) is 0 Å². The van der Waals surface area contributed by atoms with Crippen molar-refractivity contribution in [1.82, 2.24) is 19.4 Å². The monoisotopic (exact) mass is 484 g/mol. The van der Waals surface area contributed by atoms with E-state index in [1.165, 1.54) is 21.3 Å². The lowest BCUT2D eigenvalue weighted by Crippen LogP contribution is -2.53. The Bertz CT molecular complexity index is 1240. The van der Waals surface area contributed by atoms with Crippen LogP contribution >= 0.6 is 0 Å². The number of amides is 4. The second-order valence-electron chi connectivity index (χ2n) is 8.42. The number of ether oxygens (including phenoxy) is 1. The van der Waals surface area contributed by atoms with Gasteiger partial charge in [0.1, 0.15) is 12.3 Å². The molecular weight excluding hydrogens is 460 g/mol. The molecule has 1 spiro atoms. The van der Waals surface area contributed by atoms with Gasteiger partial charge in [0.25, 0.3) is 5.91 Å². The summed E-state index contributed by atoms with van der Waals surface area (Å²) in [6, 6.07) is 14.6. The lowest BCUT2D eigenvalue weighted by molar-refractivity contribution is -0.140. The summed E-state index contributed by atoms with van der Waals surface area (Å²) in [6.07, 6.45) is 0.273. The molecule has 0 aromatic heterocycles. The first-order chi connectivity index (χ1) is 16.3. The van der Waals surface area contributed by atoms with Crippen LogP contribution in [0.25, 0.3) is 0 Å². The summed E-state index contributed by atoms with van der Waals surface area (Å²) in [4.78, 5) is 41.6. The van der Waals surface area contributed by atoms with Crippen molar-refractivity contribution in [3.8, 4) is 5.75 Å². The number of hydrogen-bond acceptors (Lipinski definition) is 6. The number of rotatable bonds is 4. The molecule has 0 saturated carbocycles. The molecule has 3 aliphatic heterocycles. The van der Waals surface area contributed by atoms with Crippen LogP contribution < -0.4 is 10.1 Å². The third-order valence-electron chi connectivity index (χ3n) is 6.52. The van der Waals surface area contributed by atoms with E-state index in [0.717, 1.165) is 4.90 Å². The van der Waals surface area contributed by atoms with Crippen LogP contribution in [-0.4, -0.2) is 79.7 Å². The van der Waals surface area contributed by atoms with Crippen LogP contribution in [0.1, 0.15) is 12.0 Å². The second kappa shape index (κ2) is 8.41. The fourth-order valence-electron chi connectivity index (χ4n) is 4.67. The Morgan fingerprint density at radius 3 is 2.38 bits per heavy atom. The lowest BCUT2D eigenvalue weighted by Gasteiger charge is -2.35. The van der Waals surface area contributed by atoms with Gasteiger partial charge >= 0.3 is 6.03 Å². The third-order valence-corrected chi connectivity index (χ3v) is 8.44. The molecule has 5 rings (SSSR count). The molecule has 34 heavy (non-hydrogen) atoms. The molecule has 178 valence electrons. The van der Waals surface area contributed by atoms with E-state index in [0.29, 0.717) is 11.3 Å². The van der Waals surface area contributed by atoms with Crippen LogP contribution in [0.15, 0.2) is 59.5 Å². The zero-order chi connectivity index (χ0) is 23.9. The second-order valence-corrected chi connectivity index (χ2v) is 10.4. The Balaban J connectivity index is 1.26. The highest BCUT2D eigenvalue weighted by molar-refractivity contribution is 7.89. The predicted octanol–water partition coefficient (Wildman–Crippen LogP) is 0.749. The SMILES string of the molecule is O=C(CN1C(=O)NC2(CCOc3ccccc32)C1=O)N1CCN(S(=O)(=O)c2ccccc2)CC1. The molecule has 0 radical (unpaired) electrons. The average molecular weight is 485 g/mol. The van der Waals surface area contributed by atoms with Gasteiger partial charge in [0.05, 0.1) is 11.5 Å². The molecule has 1 unspecified atom stereocenters. The Morgan fingerprint density at radius 2 is 1.65 bits per heavy atom. The normalized spacial score (nSPS) is 22.9. The minimum Gasteiger partial charge on any atom is -0.493 e. The first-order valence-electron chi connectivity index (χ1n) is 11.0. The Labute approximate surface area is 197 Å². The molecule has 0 aliphatic carbocycles. The zero-order valence-electron chi connectivity index (χ0n) is 18.3. The highest BCUT2D eigenvalue weighted by Crippen LogP contribution is 2.40. The first-order valence-corrected chi connectivity index (χ1v) is 12.5. The van der Waals surface area contributed by atoms with Crippen molar-refractivity contribution in [1.29, 1.82) is 0 Å². The van der Waals surface area contributed by atoms with E-state index in [2.05, 4.69) is 5.32 Å². The minimum absolute atomic E-state index is 0.137.